The lowest BCUT2D eigenvalue weighted by atomic mass is 10.1. The van der Waals surface area contributed by atoms with E-state index in [1.54, 1.807) is 0 Å². The Morgan fingerprint density at radius 1 is 1.00 bits per heavy atom. The lowest BCUT2D eigenvalue weighted by molar-refractivity contribution is 1.47. The lowest BCUT2D eigenvalue weighted by Gasteiger charge is -1.97. The van der Waals surface area contributed by atoms with Crippen molar-refractivity contribution in [2.75, 3.05) is 0 Å². The first kappa shape index (κ1) is 9.60. The molecule has 0 amide bonds. The molecular formula is C13H9IS. The normalized spacial score (nSPS) is 11.3. The zero-order valence-corrected chi connectivity index (χ0v) is 11.2. The summed E-state index contributed by atoms with van der Waals surface area (Å²) in [7, 11) is 0. The third-order valence-electron chi connectivity index (χ3n) is 2.66. The van der Waals surface area contributed by atoms with Gasteiger partial charge in [0.05, 0.1) is 0 Å². The summed E-state index contributed by atoms with van der Waals surface area (Å²) in [5.41, 5.74) is 1.37. The van der Waals surface area contributed by atoms with Crippen LogP contribution in [-0.4, -0.2) is 0 Å². The van der Waals surface area contributed by atoms with Crippen LogP contribution in [0.2, 0.25) is 0 Å². The van der Waals surface area contributed by atoms with Gasteiger partial charge in [-0.1, -0.05) is 18.2 Å². The van der Waals surface area contributed by atoms with Crippen LogP contribution in [0.4, 0.5) is 0 Å². The molecule has 1 aromatic heterocycles. The summed E-state index contributed by atoms with van der Waals surface area (Å²) in [6.07, 6.45) is 0. The SMILES string of the molecule is Cc1cc2sc3ccccc3c2cc1I. The Bertz CT molecular complexity index is 652. The van der Waals surface area contributed by atoms with Crippen molar-refractivity contribution in [3.63, 3.8) is 0 Å². The molecule has 2 aromatic carbocycles. The van der Waals surface area contributed by atoms with E-state index >= 15 is 0 Å². The maximum absolute atomic E-state index is 2.41. The first-order valence-corrected chi connectivity index (χ1v) is 6.72. The van der Waals surface area contributed by atoms with E-state index in [0.717, 1.165) is 0 Å². The molecule has 0 bridgehead atoms. The summed E-state index contributed by atoms with van der Waals surface area (Å²) in [5, 5.41) is 2.78. The summed E-state index contributed by atoms with van der Waals surface area (Å²) in [6.45, 7) is 2.17. The molecule has 1 heterocycles. The second-order valence-corrected chi connectivity index (χ2v) is 5.94. The van der Waals surface area contributed by atoms with Crippen molar-refractivity contribution in [2.45, 2.75) is 6.92 Å². The molecule has 0 saturated heterocycles. The number of halogens is 1. The minimum absolute atomic E-state index is 1.35. The standard InChI is InChI=1S/C13H9IS/c1-8-6-13-10(7-11(8)14)9-4-2-3-5-12(9)15-13/h2-7H,1H3. The maximum atomic E-state index is 2.41. The van der Waals surface area contributed by atoms with Crippen molar-refractivity contribution in [3.8, 4) is 0 Å². The second-order valence-electron chi connectivity index (χ2n) is 3.70. The van der Waals surface area contributed by atoms with Crippen molar-refractivity contribution < 1.29 is 0 Å². The van der Waals surface area contributed by atoms with Gasteiger partial charge in [0, 0.05) is 23.7 Å². The molecule has 0 aliphatic carbocycles. The van der Waals surface area contributed by atoms with Crippen molar-refractivity contribution in [1.82, 2.24) is 0 Å². The van der Waals surface area contributed by atoms with Crippen LogP contribution in [-0.2, 0) is 0 Å². The van der Waals surface area contributed by atoms with Gasteiger partial charge in [0.25, 0.3) is 0 Å². The maximum Gasteiger partial charge on any atom is 0.0358 e. The third kappa shape index (κ3) is 1.47. The van der Waals surface area contributed by atoms with Gasteiger partial charge in [-0.15, -0.1) is 11.3 Å². The molecule has 0 aliphatic heterocycles. The Morgan fingerprint density at radius 3 is 2.67 bits per heavy atom. The fourth-order valence-electron chi connectivity index (χ4n) is 1.85. The smallest absolute Gasteiger partial charge is 0.0358 e. The average molecular weight is 324 g/mol. The summed E-state index contributed by atoms with van der Waals surface area (Å²) in [5.74, 6) is 0. The van der Waals surface area contributed by atoms with E-state index in [1.807, 2.05) is 11.3 Å². The predicted octanol–water partition coefficient (Wildman–Crippen LogP) is 4.97. The zero-order valence-electron chi connectivity index (χ0n) is 8.25. The van der Waals surface area contributed by atoms with E-state index in [1.165, 1.54) is 29.3 Å². The van der Waals surface area contributed by atoms with Crippen LogP contribution in [0.25, 0.3) is 20.2 Å². The third-order valence-corrected chi connectivity index (χ3v) is 4.95. The molecule has 15 heavy (non-hydrogen) atoms. The molecule has 0 nitrogen and oxygen atoms in total. The van der Waals surface area contributed by atoms with E-state index in [-0.39, 0.29) is 0 Å². The number of fused-ring (bicyclic) bond motifs is 3. The molecule has 74 valence electrons. The monoisotopic (exact) mass is 324 g/mol. The highest BCUT2D eigenvalue weighted by Gasteiger charge is 2.05. The molecule has 0 N–H and O–H groups in total. The van der Waals surface area contributed by atoms with Gasteiger partial charge in [-0.05, 0) is 53.3 Å². The quantitative estimate of drug-likeness (QED) is 0.512. The number of thiophene rings is 1. The van der Waals surface area contributed by atoms with Gasteiger partial charge in [0.15, 0.2) is 0 Å². The van der Waals surface area contributed by atoms with Crippen LogP contribution in [0.3, 0.4) is 0 Å². The van der Waals surface area contributed by atoms with Crippen LogP contribution in [0.1, 0.15) is 5.56 Å². The fraction of sp³-hybridized carbons (Fsp3) is 0.0769. The van der Waals surface area contributed by atoms with Gasteiger partial charge in [-0.3, -0.25) is 0 Å². The Kier molecular flexibility index (Phi) is 2.21. The Hall–Kier alpha value is -0.610. The number of hydrogen-bond acceptors (Lipinski definition) is 1. The summed E-state index contributed by atoms with van der Waals surface area (Å²) >= 11 is 4.29. The van der Waals surface area contributed by atoms with E-state index in [9.17, 15) is 0 Å². The number of aryl methyl sites for hydroxylation is 1. The second kappa shape index (κ2) is 3.46. The zero-order chi connectivity index (χ0) is 10.4. The Labute approximate surface area is 106 Å². The molecule has 0 atom stereocenters. The van der Waals surface area contributed by atoms with Crippen molar-refractivity contribution >= 4 is 54.1 Å². The van der Waals surface area contributed by atoms with Gasteiger partial charge in [0.2, 0.25) is 0 Å². The summed E-state index contributed by atoms with van der Waals surface area (Å²) < 4.78 is 4.13. The van der Waals surface area contributed by atoms with Crippen molar-refractivity contribution in [1.29, 1.82) is 0 Å². The van der Waals surface area contributed by atoms with Crippen LogP contribution in [0.5, 0.6) is 0 Å². The highest BCUT2D eigenvalue weighted by Crippen LogP contribution is 2.35. The Balaban J connectivity index is 2.56. The summed E-state index contributed by atoms with van der Waals surface area (Å²) in [4.78, 5) is 0. The molecule has 0 saturated carbocycles. The highest BCUT2D eigenvalue weighted by molar-refractivity contribution is 14.1. The van der Waals surface area contributed by atoms with Crippen LogP contribution in [0, 0.1) is 10.5 Å². The van der Waals surface area contributed by atoms with Crippen LogP contribution < -0.4 is 0 Å². The molecule has 0 spiro atoms. The first-order chi connectivity index (χ1) is 7.25. The lowest BCUT2D eigenvalue weighted by Crippen LogP contribution is -1.77. The van der Waals surface area contributed by atoms with E-state index < -0.39 is 0 Å². The molecule has 2 heteroatoms. The van der Waals surface area contributed by atoms with Gasteiger partial charge < -0.3 is 0 Å². The Morgan fingerprint density at radius 2 is 1.80 bits per heavy atom. The molecule has 0 radical (unpaired) electrons. The van der Waals surface area contributed by atoms with Crippen LogP contribution in [0.15, 0.2) is 36.4 Å². The molecule has 3 aromatic rings. The number of hydrogen-bond donors (Lipinski definition) is 0. The molecule has 0 unspecified atom stereocenters. The van der Waals surface area contributed by atoms with Gasteiger partial charge in [0.1, 0.15) is 0 Å². The van der Waals surface area contributed by atoms with Gasteiger partial charge >= 0.3 is 0 Å². The average Bonchev–Trinajstić information content (AvgIpc) is 2.57. The number of rotatable bonds is 0. The number of benzene rings is 2. The molecule has 0 fully saturated rings. The predicted molar refractivity (Wildman–Crippen MR) is 76.8 cm³/mol. The van der Waals surface area contributed by atoms with E-state index in [2.05, 4.69) is 65.9 Å². The largest absolute Gasteiger partial charge is 0.135 e. The van der Waals surface area contributed by atoms with Crippen molar-refractivity contribution in [2.24, 2.45) is 0 Å². The fourth-order valence-corrected chi connectivity index (χ4v) is 3.50. The van der Waals surface area contributed by atoms with Gasteiger partial charge in [-0.25, -0.2) is 0 Å². The minimum Gasteiger partial charge on any atom is -0.135 e. The summed E-state index contributed by atoms with van der Waals surface area (Å²) in [6, 6.07) is 13.2. The van der Waals surface area contributed by atoms with Crippen LogP contribution >= 0.6 is 33.9 Å². The minimum atomic E-state index is 1.35. The first-order valence-electron chi connectivity index (χ1n) is 4.83. The molecular weight excluding hydrogens is 315 g/mol. The van der Waals surface area contributed by atoms with Crippen molar-refractivity contribution in [3.05, 3.63) is 45.5 Å². The van der Waals surface area contributed by atoms with E-state index in [0.29, 0.717) is 0 Å². The molecule has 3 rings (SSSR count). The highest BCUT2D eigenvalue weighted by atomic mass is 127. The van der Waals surface area contributed by atoms with E-state index in [4.69, 9.17) is 0 Å². The van der Waals surface area contributed by atoms with Gasteiger partial charge in [-0.2, -0.15) is 0 Å². The molecule has 0 aliphatic rings. The topological polar surface area (TPSA) is 0 Å².